The number of oxazole rings is 1. The lowest BCUT2D eigenvalue weighted by molar-refractivity contribution is 0.405. The van der Waals surface area contributed by atoms with E-state index in [-0.39, 0.29) is 5.41 Å². The highest BCUT2D eigenvalue weighted by Gasteiger charge is 2.15. The molecule has 0 unspecified atom stereocenters. The van der Waals surface area contributed by atoms with Crippen LogP contribution in [-0.4, -0.2) is 18.1 Å². The van der Waals surface area contributed by atoms with E-state index in [1.807, 2.05) is 12.1 Å². The van der Waals surface area contributed by atoms with Crippen LogP contribution in [-0.2, 0) is 0 Å². The third-order valence-corrected chi connectivity index (χ3v) is 2.74. The van der Waals surface area contributed by atoms with Gasteiger partial charge in [-0.3, -0.25) is 4.98 Å². The van der Waals surface area contributed by atoms with Crippen molar-refractivity contribution in [3.8, 4) is 0 Å². The van der Waals surface area contributed by atoms with E-state index in [0.29, 0.717) is 17.6 Å². The van der Waals surface area contributed by atoms with Crippen molar-refractivity contribution in [1.29, 1.82) is 0 Å². The molecule has 0 bridgehead atoms. The van der Waals surface area contributed by atoms with Crippen molar-refractivity contribution in [2.75, 3.05) is 18.4 Å². The second-order valence-corrected chi connectivity index (χ2v) is 4.95. The van der Waals surface area contributed by atoms with E-state index in [2.05, 4.69) is 24.1 Å². The molecule has 17 heavy (non-hydrogen) atoms. The van der Waals surface area contributed by atoms with Gasteiger partial charge in [-0.1, -0.05) is 13.8 Å². The Balaban J connectivity index is 2.17. The van der Waals surface area contributed by atoms with Crippen molar-refractivity contribution in [2.45, 2.75) is 13.8 Å². The number of hydrogen-bond acceptors (Lipinski definition) is 4. The quantitative estimate of drug-likeness (QED) is 0.750. The molecule has 0 aliphatic carbocycles. The van der Waals surface area contributed by atoms with E-state index in [1.54, 1.807) is 6.07 Å². The van der Waals surface area contributed by atoms with Crippen molar-refractivity contribution in [1.82, 2.24) is 4.98 Å². The van der Waals surface area contributed by atoms with Crippen molar-refractivity contribution in [3.63, 3.8) is 0 Å². The lowest BCUT2D eigenvalue weighted by Gasteiger charge is -2.23. The Hall–Kier alpha value is -1.75. The molecule has 0 saturated heterocycles. The molecule has 1 aromatic carbocycles. The van der Waals surface area contributed by atoms with Crippen LogP contribution in [0.25, 0.3) is 11.1 Å². The summed E-state index contributed by atoms with van der Waals surface area (Å²) < 4.78 is 4.99. The van der Waals surface area contributed by atoms with E-state index < -0.39 is 5.76 Å². The highest BCUT2D eigenvalue weighted by atomic mass is 16.4. The first-order valence-electron chi connectivity index (χ1n) is 5.57. The molecule has 4 N–H and O–H groups in total. The topological polar surface area (TPSA) is 84.0 Å². The van der Waals surface area contributed by atoms with Gasteiger partial charge in [0.05, 0.1) is 5.52 Å². The van der Waals surface area contributed by atoms with Crippen LogP contribution in [0.15, 0.2) is 27.4 Å². The van der Waals surface area contributed by atoms with E-state index in [4.69, 9.17) is 10.2 Å². The van der Waals surface area contributed by atoms with Gasteiger partial charge in [0.2, 0.25) is 0 Å². The Morgan fingerprint density at radius 3 is 2.94 bits per heavy atom. The third-order valence-electron chi connectivity index (χ3n) is 2.74. The fourth-order valence-electron chi connectivity index (χ4n) is 1.47. The van der Waals surface area contributed by atoms with Gasteiger partial charge in [0.1, 0.15) is 0 Å². The van der Waals surface area contributed by atoms with Crippen LogP contribution in [0.3, 0.4) is 0 Å². The highest BCUT2D eigenvalue weighted by Crippen LogP contribution is 2.19. The van der Waals surface area contributed by atoms with Gasteiger partial charge in [-0.05, 0) is 24.1 Å². The van der Waals surface area contributed by atoms with Crippen LogP contribution in [0.5, 0.6) is 0 Å². The minimum absolute atomic E-state index is 0.0357. The van der Waals surface area contributed by atoms with Gasteiger partial charge in [-0.15, -0.1) is 0 Å². The first kappa shape index (κ1) is 11.7. The second kappa shape index (κ2) is 4.25. The fourth-order valence-corrected chi connectivity index (χ4v) is 1.47. The van der Waals surface area contributed by atoms with Crippen LogP contribution in [0.4, 0.5) is 5.69 Å². The molecule has 0 aliphatic heterocycles. The first-order chi connectivity index (χ1) is 8.00. The van der Waals surface area contributed by atoms with Crippen LogP contribution < -0.4 is 16.8 Å². The molecule has 2 aromatic rings. The molecule has 92 valence electrons. The molecule has 2 rings (SSSR count). The molecular weight excluding hydrogens is 218 g/mol. The lowest BCUT2D eigenvalue weighted by atomic mass is 9.94. The van der Waals surface area contributed by atoms with E-state index in [1.165, 1.54) is 0 Å². The van der Waals surface area contributed by atoms with Crippen LogP contribution >= 0.6 is 0 Å². The third kappa shape index (κ3) is 2.68. The highest BCUT2D eigenvalue weighted by molar-refractivity contribution is 5.76. The summed E-state index contributed by atoms with van der Waals surface area (Å²) in [6.07, 6.45) is 0. The molecule has 0 amide bonds. The number of H-pyrrole nitrogens is 1. The number of nitrogens with one attached hydrogen (secondary N) is 2. The van der Waals surface area contributed by atoms with Crippen LogP contribution in [0.2, 0.25) is 0 Å². The van der Waals surface area contributed by atoms with Gasteiger partial charge in [0, 0.05) is 18.3 Å². The zero-order chi connectivity index (χ0) is 12.5. The van der Waals surface area contributed by atoms with Gasteiger partial charge in [-0.25, -0.2) is 4.79 Å². The van der Waals surface area contributed by atoms with E-state index in [9.17, 15) is 4.79 Å². The average molecular weight is 235 g/mol. The summed E-state index contributed by atoms with van der Waals surface area (Å²) in [6, 6.07) is 5.53. The van der Waals surface area contributed by atoms with E-state index >= 15 is 0 Å². The average Bonchev–Trinajstić information content (AvgIpc) is 2.66. The Labute approximate surface area is 99.0 Å². The van der Waals surface area contributed by atoms with Crippen molar-refractivity contribution in [2.24, 2.45) is 11.1 Å². The summed E-state index contributed by atoms with van der Waals surface area (Å²) in [5.41, 5.74) is 7.88. The van der Waals surface area contributed by atoms with Gasteiger partial charge < -0.3 is 15.5 Å². The maximum atomic E-state index is 11.0. The Morgan fingerprint density at radius 2 is 2.24 bits per heavy atom. The van der Waals surface area contributed by atoms with Gasteiger partial charge in [-0.2, -0.15) is 0 Å². The maximum absolute atomic E-state index is 11.0. The summed E-state index contributed by atoms with van der Waals surface area (Å²) in [5, 5.41) is 3.28. The molecule has 0 radical (unpaired) electrons. The summed E-state index contributed by atoms with van der Waals surface area (Å²) >= 11 is 0. The molecule has 0 saturated carbocycles. The number of anilines is 1. The maximum Gasteiger partial charge on any atom is 0.417 e. The Morgan fingerprint density at radius 1 is 1.47 bits per heavy atom. The van der Waals surface area contributed by atoms with Gasteiger partial charge in [0.15, 0.2) is 5.58 Å². The smallest absolute Gasteiger partial charge is 0.408 e. The molecule has 1 heterocycles. The number of benzene rings is 1. The number of fused-ring (bicyclic) bond motifs is 1. The zero-order valence-electron chi connectivity index (χ0n) is 10.0. The standard InChI is InChI=1S/C12H17N3O2/c1-12(2,6-13)7-14-8-3-4-9-10(5-8)17-11(16)15-9/h3-5,14H,6-7,13H2,1-2H3,(H,15,16). The molecule has 0 spiro atoms. The van der Waals surface area contributed by atoms with Gasteiger partial charge in [0.25, 0.3) is 0 Å². The number of aromatic nitrogens is 1. The number of rotatable bonds is 4. The molecule has 5 heteroatoms. The number of aromatic amines is 1. The Bertz CT molecular complexity index is 568. The molecule has 1 aromatic heterocycles. The number of hydrogen-bond donors (Lipinski definition) is 3. The Kier molecular flexibility index (Phi) is 2.93. The second-order valence-electron chi connectivity index (χ2n) is 4.95. The SMILES string of the molecule is CC(C)(CN)CNc1ccc2[nH]c(=O)oc2c1. The molecule has 0 aliphatic rings. The van der Waals surface area contributed by atoms with Crippen molar-refractivity contribution in [3.05, 3.63) is 28.7 Å². The predicted molar refractivity (Wildman–Crippen MR) is 68.2 cm³/mol. The largest absolute Gasteiger partial charge is 0.417 e. The number of nitrogens with two attached hydrogens (primary N) is 1. The molecule has 0 fully saturated rings. The predicted octanol–water partition coefficient (Wildman–Crippen LogP) is 1.52. The fraction of sp³-hybridized carbons (Fsp3) is 0.417. The molecular formula is C12H17N3O2. The monoisotopic (exact) mass is 235 g/mol. The summed E-state index contributed by atoms with van der Waals surface area (Å²) in [7, 11) is 0. The lowest BCUT2D eigenvalue weighted by Crippen LogP contribution is -2.31. The summed E-state index contributed by atoms with van der Waals surface area (Å²) in [6.45, 7) is 5.56. The normalized spacial score (nSPS) is 11.9. The summed E-state index contributed by atoms with van der Waals surface area (Å²) in [5.74, 6) is -0.431. The van der Waals surface area contributed by atoms with Crippen LogP contribution in [0, 0.1) is 5.41 Å². The van der Waals surface area contributed by atoms with Crippen LogP contribution in [0.1, 0.15) is 13.8 Å². The minimum atomic E-state index is -0.431. The van der Waals surface area contributed by atoms with Crippen molar-refractivity contribution < 1.29 is 4.42 Å². The minimum Gasteiger partial charge on any atom is -0.408 e. The molecule has 5 nitrogen and oxygen atoms in total. The summed E-state index contributed by atoms with van der Waals surface area (Å²) in [4.78, 5) is 13.6. The van der Waals surface area contributed by atoms with E-state index in [0.717, 1.165) is 12.2 Å². The zero-order valence-corrected chi connectivity index (χ0v) is 10.0. The van der Waals surface area contributed by atoms with Crippen molar-refractivity contribution >= 4 is 16.8 Å². The molecule has 0 atom stereocenters. The first-order valence-corrected chi connectivity index (χ1v) is 5.57. The van der Waals surface area contributed by atoms with Gasteiger partial charge >= 0.3 is 5.76 Å².